The van der Waals surface area contributed by atoms with Crippen LogP contribution in [0.25, 0.3) is 0 Å². The first-order valence-electron chi connectivity index (χ1n) is 5.30. The van der Waals surface area contributed by atoms with Gasteiger partial charge in [0.15, 0.2) is 0 Å². The summed E-state index contributed by atoms with van der Waals surface area (Å²) in [6, 6.07) is 0. The van der Waals surface area contributed by atoms with Gasteiger partial charge in [0.2, 0.25) is 5.91 Å². The lowest BCUT2D eigenvalue weighted by Crippen LogP contribution is -2.65. The molecule has 11 heteroatoms. The molecular formula is C9H12F3NO6S. The second kappa shape index (κ2) is 5.20. The molecule has 1 fully saturated rings. The van der Waals surface area contributed by atoms with E-state index in [1.165, 1.54) is 0 Å². The van der Waals surface area contributed by atoms with Crippen molar-refractivity contribution in [2.75, 3.05) is 7.11 Å². The normalized spacial score (nSPS) is 26.6. The minimum atomic E-state index is -5.73. The van der Waals surface area contributed by atoms with Gasteiger partial charge in [-0.25, -0.2) is 4.79 Å². The number of ether oxygens (including phenoxy) is 1. The van der Waals surface area contributed by atoms with Gasteiger partial charge in [-0.2, -0.15) is 21.6 Å². The average Bonchev–Trinajstić information content (AvgIpc) is 2.22. The number of alkyl halides is 3. The average molecular weight is 319 g/mol. The van der Waals surface area contributed by atoms with Crippen molar-refractivity contribution in [1.82, 2.24) is 5.32 Å². The lowest BCUT2D eigenvalue weighted by Gasteiger charge is -2.44. The molecule has 20 heavy (non-hydrogen) atoms. The molecule has 0 heterocycles. The van der Waals surface area contributed by atoms with Gasteiger partial charge in [-0.1, -0.05) is 0 Å². The highest BCUT2D eigenvalue weighted by Gasteiger charge is 2.57. The molecule has 1 aliphatic carbocycles. The van der Waals surface area contributed by atoms with Crippen LogP contribution in [0.2, 0.25) is 0 Å². The zero-order valence-corrected chi connectivity index (χ0v) is 11.3. The minimum absolute atomic E-state index is 0.422. The number of carbonyl (C=O) groups excluding carboxylic acids is 2. The standard InChI is InChI=1S/C9H12F3NO6S/c1-5(14)13-8(7(15)18-2)3-6(4-8)19-20(16,17)9(10,11)12/h6H,3-4H2,1-2H3,(H,13,14)/t6-,8+. The minimum Gasteiger partial charge on any atom is -0.467 e. The van der Waals surface area contributed by atoms with E-state index in [1.807, 2.05) is 0 Å². The van der Waals surface area contributed by atoms with Crippen LogP contribution in [0.4, 0.5) is 13.2 Å². The largest absolute Gasteiger partial charge is 0.523 e. The molecule has 0 bridgehead atoms. The van der Waals surface area contributed by atoms with Crippen LogP contribution in [0.15, 0.2) is 0 Å². The van der Waals surface area contributed by atoms with Crippen molar-refractivity contribution in [1.29, 1.82) is 0 Å². The fourth-order valence-corrected chi connectivity index (χ4v) is 2.47. The van der Waals surface area contributed by atoms with E-state index in [0.29, 0.717) is 0 Å². The summed E-state index contributed by atoms with van der Waals surface area (Å²) >= 11 is 0. The lowest BCUT2D eigenvalue weighted by atomic mass is 9.74. The molecule has 0 unspecified atom stereocenters. The van der Waals surface area contributed by atoms with Crippen molar-refractivity contribution in [3.63, 3.8) is 0 Å². The lowest BCUT2D eigenvalue weighted by molar-refractivity contribution is -0.160. The summed E-state index contributed by atoms with van der Waals surface area (Å²) in [6.07, 6.45) is -2.20. The van der Waals surface area contributed by atoms with Crippen LogP contribution in [0.1, 0.15) is 19.8 Å². The van der Waals surface area contributed by atoms with Gasteiger partial charge in [-0.05, 0) is 0 Å². The molecule has 0 aromatic heterocycles. The molecule has 1 N–H and O–H groups in total. The molecule has 1 aliphatic rings. The van der Waals surface area contributed by atoms with Crippen molar-refractivity contribution >= 4 is 22.0 Å². The zero-order valence-electron chi connectivity index (χ0n) is 10.5. The van der Waals surface area contributed by atoms with E-state index in [0.717, 1.165) is 14.0 Å². The Morgan fingerprint density at radius 2 is 1.80 bits per heavy atom. The first kappa shape index (κ1) is 16.7. The molecular weight excluding hydrogens is 307 g/mol. The van der Waals surface area contributed by atoms with Crippen molar-refractivity contribution in [3.05, 3.63) is 0 Å². The maximum absolute atomic E-state index is 12.1. The Kier molecular flexibility index (Phi) is 4.34. The fourth-order valence-electron chi connectivity index (χ4n) is 1.87. The van der Waals surface area contributed by atoms with Gasteiger partial charge >= 0.3 is 21.6 Å². The van der Waals surface area contributed by atoms with Gasteiger partial charge in [0, 0.05) is 19.8 Å². The fraction of sp³-hybridized carbons (Fsp3) is 0.778. The maximum atomic E-state index is 12.1. The Labute approximate surface area is 112 Å². The predicted molar refractivity (Wildman–Crippen MR) is 57.6 cm³/mol. The van der Waals surface area contributed by atoms with Crippen LogP contribution in [-0.4, -0.2) is 44.6 Å². The van der Waals surface area contributed by atoms with Crippen molar-refractivity contribution < 1.29 is 40.1 Å². The number of hydrogen-bond donors (Lipinski definition) is 1. The Hall–Kier alpha value is -1.36. The molecule has 0 radical (unpaired) electrons. The molecule has 0 spiro atoms. The molecule has 0 aromatic carbocycles. The highest BCUT2D eigenvalue weighted by Crippen LogP contribution is 2.39. The van der Waals surface area contributed by atoms with Crippen molar-refractivity contribution in [3.8, 4) is 0 Å². The summed E-state index contributed by atoms with van der Waals surface area (Å²) in [5.74, 6) is -1.48. The van der Waals surface area contributed by atoms with Gasteiger partial charge in [0.25, 0.3) is 0 Å². The van der Waals surface area contributed by atoms with Crippen LogP contribution in [-0.2, 0) is 28.6 Å². The Bertz CT molecular complexity index is 508. The number of esters is 1. The van der Waals surface area contributed by atoms with E-state index in [4.69, 9.17) is 0 Å². The number of hydrogen-bond acceptors (Lipinski definition) is 6. The van der Waals surface area contributed by atoms with Crippen LogP contribution < -0.4 is 5.32 Å². The molecule has 0 atom stereocenters. The van der Waals surface area contributed by atoms with Gasteiger partial charge in [-0.3, -0.25) is 8.98 Å². The predicted octanol–water partition coefficient (Wildman–Crippen LogP) is 0.0629. The van der Waals surface area contributed by atoms with E-state index in [-0.39, 0.29) is 0 Å². The first-order valence-corrected chi connectivity index (χ1v) is 6.71. The Balaban J connectivity index is 2.76. The third-order valence-electron chi connectivity index (χ3n) is 2.69. The summed E-state index contributed by atoms with van der Waals surface area (Å²) in [5, 5.41) is 2.23. The molecule has 0 aromatic rings. The number of halogens is 3. The smallest absolute Gasteiger partial charge is 0.467 e. The van der Waals surface area contributed by atoms with Gasteiger partial charge < -0.3 is 10.1 Å². The Morgan fingerprint density at radius 3 is 2.15 bits per heavy atom. The monoisotopic (exact) mass is 319 g/mol. The summed E-state index contributed by atoms with van der Waals surface area (Å²) in [4.78, 5) is 22.5. The number of amides is 1. The highest BCUT2D eigenvalue weighted by atomic mass is 32.2. The highest BCUT2D eigenvalue weighted by molar-refractivity contribution is 7.87. The van der Waals surface area contributed by atoms with E-state index in [2.05, 4.69) is 14.2 Å². The van der Waals surface area contributed by atoms with Gasteiger partial charge in [0.05, 0.1) is 13.2 Å². The third kappa shape index (κ3) is 3.20. The molecule has 1 rings (SSSR count). The Morgan fingerprint density at radius 1 is 1.30 bits per heavy atom. The van der Waals surface area contributed by atoms with Crippen LogP contribution in [0.3, 0.4) is 0 Å². The van der Waals surface area contributed by atoms with Crippen molar-refractivity contribution in [2.45, 2.75) is 36.9 Å². The van der Waals surface area contributed by atoms with E-state index in [9.17, 15) is 31.2 Å². The van der Waals surface area contributed by atoms with Crippen molar-refractivity contribution in [2.24, 2.45) is 0 Å². The zero-order chi connectivity index (χ0) is 15.8. The number of nitrogens with one attached hydrogen (secondary N) is 1. The van der Waals surface area contributed by atoms with Gasteiger partial charge in [-0.15, -0.1) is 0 Å². The van der Waals surface area contributed by atoms with Gasteiger partial charge in [0.1, 0.15) is 5.54 Å². The summed E-state index contributed by atoms with van der Waals surface area (Å²) in [5.41, 5.74) is -7.09. The molecule has 1 amide bonds. The molecule has 0 aliphatic heterocycles. The summed E-state index contributed by atoms with van der Waals surface area (Å²) < 4.78 is 66.3. The van der Waals surface area contributed by atoms with Crippen LogP contribution in [0.5, 0.6) is 0 Å². The maximum Gasteiger partial charge on any atom is 0.523 e. The molecule has 116 valence electrons. The topological polar surface area (TPSA) is 98.8 Å². The molecule has 7 nitrogen and oxygen atoms in total. The third-order valence-corrected chi connectivity index (χ3v) is 3.78. The quantitative estimate of drug-likeness (QED) is 0.447. The van der Waals surface area contributed by atoms with Crippen LogP contribution in [0, 0.1) is 0 Å². The second-order valence-corrected chi connectivity index (χ2v) is 5.84. The number of methoxy groups -OCH3 is 1. The molecule has 0 saturated heterocycles. The summed E-state index contributed by atoms with van der Waals surface area (Å²) in [7, 11) is -4.70. The van der Waals surface area contributed by atoms with E-state index < -0.39 is 52.0 Å². The van der Waals surface area contributed by atoms with Crippen LogP contribution >= 0.6 is 0 Å². The molecule has 1 saturated carbocycles. The first-order chi connectivity index (χ1) is 8.93. The summed E-state index contributed by atoms with van der Waals surface area (Å²) in [6.45, 7) is 1.10. The number of rotatable bonds is 4. The van der Waals surface area contributed by atoms with E-state index >= 15 is 0 Å². The number of carbonyl (C=O) groups is 2. The van der Waals surface area contributed by atoms with E-state index in [1.54, 1.807) is 0 Å². The second-order valence-electron chi connectivity index (χ2n) is 4.28. The SMILES string of the molecule is COC(=O)[C@]1(NC(C)=O)C[C@@H](OS(=O)(=O)C(F)(F)F)C1.